The van der Waals surface area contributed by atoms with Gasteiger partial charge in [0.05, 0.1) is 6.07 Å². The van der Waals surface area contributed by atoms with E-state index in [1.54, 1.807) is 18.2 Å². The monoisotopic (exact) mass is 314 g/mol. The van der Waals surface area contributed by atoms with Crippen molar-refractivity contribution in [2.45, 2.75) is 19.6 Å². The Bertz CT molecular complexity index is 681. The van der Waals surface area contributed by atoms with Crippen LogP contribution in [0.3, 0.4) is 0 Å². The highest BCUT2D eigenvalue weighted by Crippen LogP contribution is 2.23. The lowest BCUT2D eigenvalue weighted by Crippen LogP contribution is -2.22. The molecule has 0 aliphatic rings. The van der Waals surface area contributed by atoms with Crippen molar-refractivity contribution in [3.8, 4) is 11.8 Å². The number of nitrogens with one attached hydrogen (secondary N) is 1. The van der Waals surface area contributed by atoms with E-state index >= 15 is 0 Å². The maximum absolute atomic E-state index is 11.4. The van der Waals surface area contributed by atoms with Gasteiger partial charge in [-0.05, 0) is 23.8 Å². The van der Waals surface area contributed by atoms with E-state index in [-0.39, 0.29) is 18.9 Å². The number of hydrogen-bond donors (Lipinski definition) is 1. The minimum Gasteiger partial charge on any atom is -0.489 e. The summed E-state index contributed by atoms with van der Waals surface area (Å²) in [5.74, 6) is 0.335. The zero-order valence-corrected chi connectivity index (χ0v) is 12.6. The highest BCUT2D eigenvalue weighted by molar-refractivity contribution is 6.30. The highest BCUT2D eigenvalue weighted by atomic mass is 35.5. The first-order valence-corrected chi connectivity index (χ1v) is 7.15. The Morgan fingerprint density at radius 1 is 1.23 bits per heavy atom. The van der Waals surface area contributed by atoms with Gasteiger partial charge in [-0.2, -0.15) is 5.26 Å². The van der Waals surface area contributed by atoms with Gasteiger partial charge >= 0.3 is 0 Å². The average Bonchev–Trinajstić information content (AvgIpc) is 2.53. The summed E-state index contributed by atoms with van der Waals surface area (Å²) < 4.78 is 5.80. The summed E-state index contributed by atoms with van der Waals surface area (Å²) in [5, 5.41) is 11.7. The second-order valence-corrected chi connectivity index (χ2v) is 5.07. The number of amides is 1. The third-order valence-electron chi connectivity index (χ3n) is 2.98. The van der Waals surface area contributed by atoms with Gasteiger partial charge in [0.2, 0.25) is 5.91 Å². The van der Waals surface area contributed by atoms with Crippen LogP contribution in [0.2, 0.25) is 5.02 Å². The summed E-state index contributed by atoms with van der Waals surface area (Å²) >= 11 is 5.99. The van der Waals surface area contributed by atoms with Crippen LogP contribution in [0, 0.1) is 11.3 Å². The predicted octanol–water partition coefficient (Wildman–Crippen LogP) is 3.45. The van der Waals surface area contributed by atoms with Crippen LogP contribution in [0.25, 0.3) is 0 Å². The number of rotatable bonds is 6. The quantitative estimate of drug-likeness (QED) is 0.888. The lowest BCUT2D eigenvalue weighted by Gasteiger charge is -2.12. The molecular formula is C17H15ClN2O2. The summed E-state index contributed by atoms with van der Waals surface area (Å²) in [5.41, 5.74) is 1.83. The smallest absolute Gasteiger partial charge is 0.234 e. The van der Waals surface area contributed by atoms with Crippen molar-refractivity contribution in [2.75, 3.05) is 0 Å². The molecule has 0 aliphatic carbocycles. The van der Waals surface area contributed by atoms with E-state index in [9.17, 15) is 4.79 Å². The van der Waals surface area contributed by atoms with E-state index in [4.69, 9.17) is 21.6 Å². The van der Waals surface area contributed by atoms with Crippen LogP contribution in [0.4, 0.5) is 0 Å². The topological polar surface area (TPSA) is 62.1 Å². The van der Waals surface area contributed by atoms with Crippen LogP contribution in [-0.2, 0) is 17.9 Å². The van der Waals surface area contributed by atoms with E-state index in [0.29, 0.717) is 17.4 Å². The number of carbonyl (C=O) groups is 1. The molecule has 0 aromatic heterocycles. The van der Waals surface area contributed by atoms with E-state index in [2.05, 4.69) is 5.32 Å². The predicted molar refractivity (Wildman–Crippen MR) is 84.3 cm³/mol. The van der Waals surface area contributed by atoms with Crippen LogP contribution >= 0.6 is 11.6 Å². The molecule has 2 aromatic rings. The van der Waals surface area contributed by atoms with Gasteiger partial charge in [0.15, 0.2) is 0 Å². The Balaban J connectivity index is 2.04. The lowest BCUT2D eigenvalue weighted by molar-refractivity contribution is -0.120. The number of halogens is 1. The van der Waals surface area contributed by atoms with Gasteiger partial charge in [0.1, 0.15) is 18.8 Å². The number of carbonyl (C=O) groups excluding carboxylic acids is 1. The number of hydrogen-bond acceptors (Lipinski definition) is 3. The lowest BCUT2D eigenvalue weighted by atomic mass is 10.2. The van der Waals surface area contributed by atoms with Crippen molar-refractivity contribution in [3.05, 3.63) is 64.7 Å². The van der Waals surface area contributed by atoms with E-state index < -0.39 is 0 Å². The zero-order chi connectivity index (χ0) is 15.8. The first kappa shape index (κ1) is 15.9. The SMILES string of the molecule is N#CCC(=O)NCc1cc(Cl)ccc1OCc1ccccc1. The standard InChI is InChI=1S/C17H15ClN2O2/c18-15-6-7-16(22-12-13-4-2-1-3-5-13)14(10-15)11-20-17(21)8-9-19/h1-7,10H,8,11-12H2,(H,20,21). The second-order valence-electron chi connectivity index (χ2n) is 4.64. The van der Waals surface area contributed by atoms with Gasteiger partial charge in [-0.25, -0.2) is 0 Å². The summed E-state index contributed by atoms with van der Waals surface area (Å²) in [4.78, 5) is 11.4. The summed E-state index contributed by atoms with van der Waals surface area (Å²) in [6, 6.07) is 16.9. The van der Waals surface area contributed by atoms with Gasteiger partial charge in [-0.1, -0.05) is 41.9 Å². The molecule has 0 atom stereocenters. The molecule has 112 valence electrons. The minimum atomic E-state index is -0.323. The molecule has 0 aliphatic heterocycles. The molecule has 5 heteroatoms. The Labute approximate surface area is 134 Å². The van der Waals surface area contributed by atoms with Crippen LogP contribution in [0.1, 0.15) is 17.5 Å². The third-order valence-corrected chi connectivity index (χ3v) is 3.21. The highest BCUT2D eigenvalue weighted by Gasteiger charge is 2.07. The molecule has 1 N–H and O–H groups in total. The molecule has 0 spiro atoms. The molecule has 0 bridgehead atoms. The molecule has 1 amide bonds. The molecular weight excluding hydrogens is 300 g/mol. The van der Waals surface area contributed by atoms with E-state index in [0.717, 1.165) is 11.1 Å². The molecule has 0 unspecified atom stereocenters. The van der Waals surface area contributed by atoms with Crippen molar-refractivity contribution < 1.29 is 9.53 Å². The van der Waals surface area contributed by atoms with Crippen molar-refractivity contribution in [2.24, 2.45) is 0 Å². The fraction of sp³-hybridized carbons (Fsp3) is 0.176. The molecule has 0 radical (unpaired) electrons. The Kier molecular flexibility index (Phi) is 5.81. The fourth-order valence-electron chi connectivity index (χ4n) is 1.89. The Morgan fingerprint density at radius 2 is 2.00 bits per heavy atom. The molecule has 0 saturated carbocycles. The van der Waals surface area contributed by atoms with Crippen LogP contribution in [-0.4, -0.2) is 5.91 Å². The molecule has 2 rings (SSSR count). The Morgan fingerprint density at radius 3 is 2.73 bits per heavy atom. The molecule has 0 saturated heterocycles. The van der Waals surface area contributed by atoms with E-state index in [1.807, 2.05) is 36.4 Å². The minimum absolute atomic E-state index is 0.166. The summed E-state index contributed by atoms with van der Waals surface area (Å²) in [7, 11) is 0. The maximum Gasteiger partial charge on any atom is 0.234 e. The average molecular weight is 315 g/mol. The molecule has 22 heavy (non-hydrogen) atoms. The van der Waals surface area contributed by atoms with Gasteiger partial charge in [0, 0.05) is 17.1 Å². The Hall–Kier alpha value is -2.51. The summed E-state index contributed by atoms with van der Waals surface area (Å²) in [6.07, 6.45) is -0.166. The molecule has 0 heterocycles. The first-order chi connectivity index (χ1) is 10.7. The number of ether oxygens (including phenoxy) is 1. The zero-order valence-electron chi connectivity index (χ0n) is 11.9. The normalized spacial score (nSPS) is 9.82. The van der Waals surface area contributed by atoms with Crippen LogP contribution < -0.4 is 10.1 Å². The molecule has 4 nitrogen and oxygen atoms in total. The van der Waals surface area contributed by atoms with Gasteiger partial charge < -0.3 is 10.1 Å². The fourth-order valence-corrected chi connectivity index (χ4v) is 2.09. The summed E-state index contributed by atoms with van der Waals surface area (Å²) in [6.45, 7) is 0.701. The van der Waals surface area contributed by atoms with Crippen LogP contribution in [0.5, 0.6) is 5.75 Å². The number of benzene rings is 2. The van der Waals surface area contributed by atoms with Crippen molar-refractivity contribution in [3.63, 3.8) is 0 Å². The third kappa shape index (κ3) is 4.80. The van der Waals surface area contributed by atoms with Crippen molar-refractivity contribution in [1.29, 1.82) is 5.26 Å². The van der Waals surface area contributed by atoms with Crippen LogP contribution in [0.15, 0.2) is 48.5 Å². The number of nitriles is 1. The maximum atomic E-state index is 11.4. The first-order valence-electron chi connectivity index (χ1n) is 6.78. The molecule has 0 fully saturated rings. The largest absolute Gasteiger partial charge is 0.489 e. The van der Waals surface area contributed by atoms with Gasteiger partial charge in [0.25, 0.3) is 0 Å². The number of nitrogens with zero attached hydrogens (tertiary/aromatic N) is 1. The van der Waals surface area contributed by atoms with Crippen molar-refractivity contribution >= 4 is 17.5 Å². The molecule has 2 aromatic carbocycles. The van der Waals surface area contributed by atoms with Gasteiger partial charge in [-0.3, -0.25) is 4.79 Å². The van der Waals surface area contributed by atoms with E-state index in [1.165, 1.54) is 0 Å². The van der Waals surface area contributed by atoms with Gasteiger partial charge in [-0.15, -0.1) is 0 Å². The second kappa shape index (κ2) is 8.06. The van der Waals surface area contributed by atoms with Crippen molar-refractivity contribution in [1.82, 2.24) is 5.32 Å².